The van der Waals surface area contributed by atoms with E-state index >= 15 is 0 Å². The van der Waals surface area contributed by atoms with E-state index in [-0.39, 0.29) is 0 Å². The fraction of sp³-hybridized carbons (Fsp3) is 1.00. The van der Waals surface area contributed by atoms with Gasteiger partial charge in [0.05, 0.1) is 0 Å². The minimum Gasteiger partial charge on any atom is -0.317 e. The van der Waals surface area contributed by atoms with Crippen LogP contribution in [0.1, 0.15) is 52.9 Å². The number of nitrogens with one attached hydrogen (secondary N) is 1. The second-order valence-corrected chi connectivity index (χ2v) is 5.26. The molecule has 14 heavy (non-hydrogen) atoms. The maximum Gasteiger partial charge on any atom is 0.00925 e. The van der Waals surface area contributed by atoms with Crippen LogP contribution in [0.2, 0.25) is 0 Å². The molecule has 1 rings (SSSR count). The second kappa shape index (κ2) is 5.75. The van der Waals surface area contributed by atoms with Crippen LogP contribution in [-0.4, -0.2) is 13.1 Å². The summed E-state index contributed by atoms with van der Waals surface area (Å²) in [5.74, 6) is 2.80. The van der Waals surface area contributed by atoms with Crippen LogP contribution in [0.4, 0.5) is 0 Å². The smallest absolute Gasteiger partial charge is 0.00925 e. The first-order valence-corrected chi connectivity index (χ1v) is 6.36. The van der Waals surface area contributed by atoms with E-state index < -0.39 is 0 Å². The molecule has 0 spiro atoms. The third-order valence-corrected chi connectivity index (χ3v) is 4.00. The number of hydrogen-bond acceptors (Lipinski definition) is 1. The molecule has 1 N–H and O–H groups in total. The SMILES string of the molecule is CCCC1CC(C(C)C)CCC1NC. The third kappa shape index (κ3) is 2.98. The Balaban J connectivity index is 2.48. The molecule has 0 amide bonds. The van der Waals surface area contributed by atoms with E-state index in [0.29, 0.717) is 0 Å². The lowest BCUT2D eigenvalue weighted by Gasteiger charge is -2.37. The molecule has 1 aliphatic carbocycles. The highest BCUT2D eigenvalue weighted by atomic mass is 14.9. The van der Waals surface area contributed by atoms with Gasteiger partial charge < -0.3 is 5.32 Å². The Bertz CT molecular complexity index is 153. The average Bonchev–Trinajstić information content (AvgIpc) is 2.18. The first kappa shape index (κ1) is 12.0. The summed E-state index contributed by atoms with van der Waals surface area (Å²) in [5.41, 5.74) is 0. The van der Waals surface area contributed by atoms with Crippen molar-refractivity contribution in [2.75, 3.05) is 7.05 Å². The summed E-state index contributed by atoms with van der Waals surface area (Å²) in [4.78, 5) is 0. The van der Waals surface area contributed by atoms with E-state index in [1.165, 1.54) is 32.1 Å². The molecule has 0 aliphatic heterocycles. The van der Waals surface area contributed by atoms with Crippen LogP contribution in [0.25, 0.3) is 0 Å². The van der Waals surface area contributed by atoms with Gasteiger partial charge in [-0.15, -0.1) is 0 Å². The molecule has 0 heterocycles. The molecule has 84 valence electrons. The van der Waals surface area contributed by atoms with Crippen molar-refractivity contribution in [2.24, 2.45) is 17.8 Å². The van der Waals surface area contributed by atoms with E-state index in [1.54, 1.807) is 0 Å². The van der Waals surface area contributed by atoms with Gasteiger partial charge in [-0.3, -0.25) is 0 Å². The highest BCUT2D eigenvalue weighted by Crippen LogP contribution is 2.35. The van der Waals surface area contributed by atoms with Gasteiger partial charge in [-0.2, -0.15) is 0 Å². The predicted molar refractivity (Wildman–Crippen MR) is 63.4 cm³/mol. The van der Waals surface area contributed by atoms with Crippen molar-refractivity contribution >= 4 is 0 Å². The molecule has 3 unspecified atom stereocenters. The highest BCUT2D eigenvalue weighted by Gasteiger charge is 2.29. The Hall–Kier alpha value is -0.0400. The van der Waals surface area contributed by atoms with Gasteiger partial charge in [-0.1, -0.05) is 27.2 Å². The van der Waals surface area contributed by atoms with Crippen LogP contribution in [0, 0.1) is 17.8 Å². The first-order chi connectivity index (χ1) is 6.69. The Morgan fingerprint density at radius 1 is 1.29 bits per heavy atom. The highest BCUT2D eigenvalue weighted by molar-refractivity contribution is 4.84. The van der Waals surface area contributed by atoms with Crippen LogP contribution in [0.3, 0.4) is 0 Å². The van der Waals surface area contributed by atoms with Crippen LogP contribution < -0.4 is 5.32 Å². The van der Waals surface area contributed by atoms with Gasteiger partial charge in [-0.05, 0) is 50.5 Å². The van der Waals surface area contributed by atoms with Crippen molar-refractivity contribution in [1.82, 2.24) is 5.32 Å². The Morgan fingerprint density at radius 2 is 2.00 bits per heavy atom. The summed E-state index contributed by atoms with van der Waals surface area (Å²) in [5, 5.41) is 3.50. The van der Waals surface area contributed by atoms with Crippen molar-refractivity contribution in [3.05, 3.63) is 0 Å². The molecule has 0 bridgehead atoms. The van der Waals surface area contributed by atoms with Gasteiger partial charge in [0, 0.05) is 6.04 Å². The molecule has 1 aliphatic rings. The van der Waals surface area contributed by atoms with Crippen molar-refractivity contribution < 1.29 is 0 Å². The summed E-state index contributed by atoms with van der Waals surface area (Å²) in [6, 6.07) is 0.796. The summed E-state index contributed by atoms with van der Waals surface area (Å²) in [6.45, 7) is 7.08. The topological polar surface area (TPSA) is 12.0 Å². The van der Waals surface area contributed by atoms with Crippen molar-refractivity contribution in [2.45, 2.75) is 58.9 Å². The van der Waals surface area contributed by atoms with Crippen LogP contribution in [0.5, 0.6) is 0 Å². The molecule has 0 saturated heterocycles. The molecule has 0 radical (unpaired) electrons. The Morgan fingerprint density at radius 3 is 2.50 bits per heavy atom. The lowest BCUT2D eigenvalue weighted by molar-refractivity contribution is 0.165. The summed E-state index contributed by atoms with van der Waals surface area (Å²) < 4.78 is 0. The van der Waals surface area contributed by atoms with E-state index in [9.17, 15) is 0 Å². The number of hydrogen-bond donors (Lipinski definition) is 1. The number of rotatable bonds is 4. The zero-order chi connectivity index (χ0) is 10.6. The third-order valence-electron chi connectivity index (χ3n) is 4.00. The molecular weight excluding hydrogens is 170 g/mol. The molecule has 3 atom stereocenters. The molecule has 1 heteroatoms. The molecule has 0 aromatic heterocycles. The van der Waals surface area contributed by atoms with Crippen LogP contribution in [-0.2, 0) is 0 Å². The summed E-state index contributed by atoms with van der Waals surface area (Å²) in [6.07, 6.45) is 7.03. The van der Waals surface area contributed by atoms with Gasteiger partial charge >= 0.3 is 0 Å². The molecule has 1 saturated carbocycles. The fourth-order valence-corrected chi connectivity index (χ4v) is 2.98. The largest absolute Gasteiger partial charge is 0.317 e. The lowest BCUT2D eigenvalue weighted by Crippen LogP contribution is -2.39. The van der Waals surface area contributed by atoms with Gasteiger partial charge in [0.2, 0.25) is 0 Å². The van der Waals surface area contributed by atoms with Crippen LogP contribution in [0.15, 0.2) is 0 Å². The lowest BCUT2D eigenvalue weighted by atomic mass is 9.72. The molecule has 0 aromatic rings. The standard InChI is InChI=1S/C13H27N/c1-5-6-12-9-11(10(2)3)7-8-13(12)14-4/h10-14H,5-9H2,1-4H3. The van der Waals surface area contributed by atoms with Gasteiger partial charge in [0.25, 0.3) is 0 Å². The van der Waals surface area contributed by atoms with Crippen molar-refractivity contribution in [3.8, 4) is 0 Å². The minimum absolute atomic E-state index is 0.796. The first-order valence-electron chi connectivity index (χ1n) is 6.36. The fourth-order valence-electron chi connectivity index (χ4n) is 2.98. The summed E-state index contributed by atoms with van der Waals surface area (Å²) >= 11 is 0. The Kier molecular flexibility index (Phi) is 4.94. The maximum absolute atomic E-state index is 3.50. The molecule has 1 nitrogen and oxygen atoms in total. The van der Waals surface area contributed by atoms with Gasteiger partial charge in [0.1, 0.15) is 0 Å². The summed E-state index contributed by atoms with van der Waals surface area (Å²) in [7, 11) is 2.13. The van der Waals surface area contributed by atoms with E-state index in [1.807, 2.05) is 0 Å². The van der Waals surface area contributed by atoms with Gasteiger partial charge in [0.15, 0.2) is 0 Å². The van der Waals surface area contributed by atoms with E-state index in [4.69, 9.17) is 0 Å². The maximum atomic E-state index is 3.50. The average molecular weight is 197 g/mol. The monoisotopic (exact) mass is 197 g/mol. The Labute approximate surface area is 89.7 Å². The zero-order valence-electron chi connectivity index (χ0n) is 10.3. The zero-order valence-corrected chi connectivity index (χ0v) is 10.3. The predicted octanol–water partition coefficient (Wildman–Crippen LogP) is 3.45. The molecule has 1 fully saturated rings. The molecular formula is C13H27N. The normalized spacial score (nSPS) is 33.6. The minimum atomic E-state index is 0.796. The van der Waals surface area contributed by atoms with E-state index in [2.05, 4.69) is 33.1 Å². The van der Waals surface area contributed by atoms with Crippen molar-refractivity contribution in [3.63, 3.8) is 0 Å². The molecule has 0 aromatic carbocycles. The second-order valence-electron chi connectivity index (χ2n) is 5.26. The van der Waals surface area contributed by atoms with Gasteiger partial charge in [-0.25, -0.2) is 0 Å². The van der Waals surface area contributed by atoms with E-state index in [0.717, 1.165) is 23.8 Å². The van der Waals surface area contributed by atoms with Crippen molar-refractivity contribution in [1.29, 1.82) is 0 Å². The van der Waals surface area contributed by atoms with Crippen LogP contribution >= 0.6 is 0 Å². The quantitative estimate of drug-likeness (QED) is 0.728.